The van der Waals surface area contributed by atoms with Crippen molar-refractivity contribution in [1.29, 1.82) is 0 Å². The first-order valence-electron chi connectivity index (χ1n) is 17.6. The molecule has 2 fully saturated rings. The molecule has 9 nitrogen and oxygen atoms in total. The van der Waals surface area contributed by atoms with Gasteiger partial charge in [0.1, 0.15) is 5.75 Å². The number of likely N-dealkylation sites (tertiary alicyclic amines) is 2. The van der Waals surface area contributed by atoms with Gasteiger partial charge in [-0.1, -0.05) is 70.3 Å². The molecule has 0 spiro atoms. The summed E-state index contributed by atoms with van der Waals surface area (Å²) >= 11 is 6.47. The standard InChI is InChI=1S/C33H37ClN6O3S.C3H8.C2H6/c1-43-25-15-16-27(34)30(21-25)37-31-32(36-29-14-4-3-13-28(29)35-31)38-44(42)26-12-9-10-23(20-26)33(41)40-19-8-5-11-24(40)22-39-17-6-2-7-18-39;1-3-2;1-2/h3-4,9-10,12-16,20-21,24H,2,5-8,11,17-19,22H2,1H3,(H,35,37)(H,36,38);3H2,1-2H3;1-2H3. The fraction of sp³-hybridized carbons (Fsp3) is 0.447. The number of amides is 1. The Morgan fingerprint density at radius 1 is 0.898 bits per heavy atom. The monoisotopic (exact) mass is 706 g/mol. The smallest absolute Gasteiger partial charge is 0.254 e. The Balaban J connectivity index is 0.00000103. The Labute approximate surface area is 299 Å². The van der Waals surface area contributed by atoms with Crippen LogP contribution in [0.25, 0.3) is 11.0 Å². The van der Waals surface area contributed by atoms with Crippen molar-refractivity contribution in [2.45, 2.75) is 83.6 Å². The molecule has 0 bridgehead atoms. The highest BCUT2D eigenvalue weighted by Gasteiger charge is 2.29. The van der Waals surface area contributed by atoms with E-state index in [2.05, 4.69) is 28.8 Å². The molecule has 3 aromatic carbocycles. The zero-order chi connectivity index (χ0) is 35.2. The maximum absolute atomic E-state index is 13.8. The molecule has 2 aliphatic rings. The van der Waals surface area contributed by atoms with Crippen LogP contribution in [0, 0.1) is 0 Å². The van der Waals surface area contributed by atoms with Crippen LogP contribution in [0.4, 0.5) is 17.3 Å². The quantitative estimate of drug-likeness (QED) is 0.179. The second-order valence-electron chi connectivity index (χ2n) is 12.0. The highest BCUT2D eigenvalue weighted by atomic mass is 35.5. The first-order valence-corrected chi connectivity index (χ1v) is 19.1. The van der Waals surface area contributed by atoms with Crippen molar-refractivity contribution >= 4 is 56.9 Å². The predicted octanol–water partition coefficient (Wildman–Crippen LogP) is 9.09. The molecule has 1 aromatic heterocycles. The van der Waals surface area contributed by atoms with Crippen LogP contribution >= 0.6 is 11.6 Å². The molecule has 2 unspecified atom stereocenters. The van der Waals surface area contributed by atoms with Gasteiger partial charge in [-0.15, -0.1) is 0 Å². The number of carbonyl (C=O) groups excluding carboxylic acids is 1. The number of methoxy groups -OCH3 is 1. The number of carbonyl (C=O) groups is 1. The molecule has 1 amide bonds. The summed E-state index contributed by atoms with van der Waals surface area (Å²) in [6, 6.07) is 20.0. The van der Waals surface area contributed by atoms with Gasteiger partial charge in [0.2, 0.25) is 0 Å². The fourth-order valence-corrected chi connectivity index (χ4v) is 7.00. The third kappa shape index (κ3) is 10.4. The maximum atomic E-state index is 13.8. The number of para-hydroxylation sites is 2. The Morgan fingerprint density at radius 3 is 2.27 bits per heavy atom. The molecule has 264 valence electrons. The summed E-state index contributed by atoms with van der Waals surface area (Å²) in [6.45, 7) is 12.1. The molecule has 49 heavy (non-hydrogen) atoms. The van der Waals surface area contributed by atoms with E-state index in [1.807, 2.05) is 49.1 Å². The molecular weight excluding hydrogens is 656 g/mol. The van der Waals surface area contributed by atoms with E-state index in [-0.39, 0.29) is 17.8 Å². The average Bonchev–Trinajstić information content (AvgIpc) is 3.14. The molecule has 2 N–H and O–H groups in total. The summed E-state index contributed by atoms with van der Waals surface area (Å²) in [5.74, 6) is 1.26. The number of nitrogens with zero attached hydrogens (tertiary/aromatic N) is 4. The number of fused-ring (bicyclic) bond motifs is 1. The summed E-state index contributed by atoms with van der Waals surface area (Å²) < 4.78 is 22.1. The van der Waals surface area contributed by atoms with Crippen LogP contribution < -0.4 is 14.8 Å². The van der Waals surface area contributed by atoms with Crippen LogP contribution in [-0.2, 0) is 11.0 Å². The summed E-state index contributed by atoms with van der Waals surface area (Å²) in [6.07, 6.45) is 8.16. The number of aromatic nitrogens is 2. The van der Waals surface area contributed by atoms with Crippen molar-refractivity contribution in [3.8, 4) is 5.75 Å². The van der Waals surface area contributed by atoms with Gasteiger partial charge in [-0.05, 0) is 87.7 Å². The van der Waals surface area contributed by atoms with Crippen LogP contribution in [-0.4, -0.2) is 69.2 Å². The molecule has 6 rings (SSSR count). The number of nitrogens with one attached hydrogen (secondary N) is 2. The van der Waals surface area contributed by atoms with Gasteiger partial charge in [0, 0.05) is 30.8 Å². The first-order chi connectivity index (χ1) is 23.9. The number of ether oxygens (including phenoxy) is 1. The SMILES string of the molecule is CC.CCC.COc1ccc(Cl)c(Nc2nc3ccccc3nc2NS(=O)c2cccc(C(=O)N3CCCCC3CN3CCCCC3)c2)c1. The van der Waals surface area contributed by atoms with Crippen LogP contribution in [0.2, 0.25) is 5.02 Å². The lowest BCUT2D eigenvalue weighted by molar-refractivity contribution is 0.0528. The van der Waals surface area contributed by atoms with E-state index in [0.717, 1.165) is 45.4 Å². The molecule has 2 atom stereocenters. The Kier molecular flexibility index (Phi) is 15.1. The van der Waals surface area contributed by atoms with Gasteiger partial charge in [0.25, 0.3) is 5.91 Å². The Morgan fingerprint density at radius 2 is 1.57 bits per heavy atom. The van der Waals surface area contributed by atoms with Crippen LogP contribution in [0.15, 0.2) is 71.6 Å². The third-order valence-electron chi connectivity index (χ3n) is 8.29. The average molecular weight is 707 g/mol. The first kappa shape index (κ1) is 38.1. The normalized spacial score (nSPS) is 16.8. The Hall–Kier alpha value is -3.73. The van der Waals surface area contributed by atoms with Crippen molar-refractivity contribution in [1.82, 2.24) is 19.8 Å². The van der Waals surface area contributed by atoms with Crippen molar-refractivity contribution in [2.24, 2.45) is 0 Å². The highest BCUT2D eigenvalue weighted by molar-refractivity contribution is 7.86. The van der Waals surface area contributed by atoms with Gasteiger partial charge in [-0.25, -0.2) is 14.2 Å². The molecule has 2 saturated heterocycles. The number of halogens is 1. The van der Waals surface area contributed by atoms with Crippen LogP contribution in [0.1, 0.15) is 83.0 Å². The second kappa shape index (κ2) is 19.5. The Bertz CT molecular complexity index is 1680. The third-order valence-corrected chi connectivity index (χ3v) is 9.68. The van der Waals surface area contributed by atoms with Gasteiger partial charge >= 0.3 is 0 Å². The van der Waals surface area contributed by atoms with Crippen LogP contribution in [0.3, 0.4) is 0 Å². The number of hydrogen-bond acceptors (Lipinski definition) is 7. The predicted molar refractivity (Wildman–Crippen MR) is 204 cm³/mol. The summed E-state index contributed by atoms with van der Waals surface area (Å²) in [7, 11) is -0.151. The molecule has 4 aromatic rings. The second-order valence-corrected chi connectivity index (χ2v) is 13.6. The molecule has 3 heterocycles. The molecule has 11 heteroatoms. The van der Waals surface area contributed by atoms with E-state index in [0.29, 0.717) is 43.8 Å². The van der Waals surface area contributed by atoms with Crippen molar-refractivity contribution in [2.75, 3.05) is 43.3 Å². The van der Waals surface area contributed by atoms with Gasteiger partial charge in [0.15, 0.2) is 22.6 Å². The molecule has 0 radical (unpaired) electrons. The summed E-state index contributed by atoms with van der Waals surface area (Å²) in [5, 5.41) is 3.70. The largest absolute Gasteiger partial charge is 0.497 e. The van der Waals surface area contributed by atoms with Crippen molar-refractivity contribution in [3.63, 3.8) is 0 Å². The number of benzene rings is 3. The number of hydrogen-bond donors (Lipinski definition) is 2. The van der Waals surface area contributed by atoms with E-state index in [1.54, 1.807) is 43.5 Å². The van der Waals surface area contributed by atoms with E-state index in [1.165, 1.54) is 25.7 Å². The minimum absolute atomic E-state index is 0.00826. The van der Waals surface area contributed by atoms with Gasteiger partial charge in [-0.2, -0.15) is 0 Å². The lowest BCUT2D eigenvalue weighted by atomic mass is 9.99. The number of rotatable bonds is 9. The van der Waals surface area contributed by atoms with Crippen LogP contribution in [0.5, 0.6) is 5.75 Å². The van der Waals surface area contributed by atoms with E-state index < -0.39 is 11.0 Å². The molecule has 0 saturated carbocycles. The summed E-state index contributed by atoms with van der Waals surface area (Å²) in [4.78, 5) is 28.3. The minimum Gasteiger partial charge on any atom is -0.497 e. The zero-order valence-electron chi connectivity index (χ0n) is 29.5. The van der Waals surface area contributed by atoms with E-state index >= 15 is 0 Å². The fourth-order valence-electron chi connectivity index (χ4n) is 5.97. The summed E-state index contributed by atoms with van der Waals surface area (Å²) in [5.41, 5.74) is 2.41. The number of anilines is 3. The molecular formula is C38H51ClN6O3S. The molecule has 2 aliphatic heterocycles. The van der Waals surface area contributed by atoms with Gasteiger partial charge in [0.05, 0.1) is 33.7 Å². The van der Waals surface area contributed by atoms with E-state index in [4.69, 9.17) is 26.3 Å². The van der Waals surface area contributed by atoms with E-state index in [9.17, 15) is 9.00 Å². The lowest BCUT2D eigenvalue weighted by Crippen LogP contribution is -2.50. The van der Waals surface area contributed by atoms with Gasteiger partial charge in [-0.3, -0.25) is 9.52 Å². The molecule has 0 aliphatic carbocycles. The van der Waals surface area contributed by atoms with Gasteiger partial charge < -0.3 is 19.9 Å². The number of piperidine rings is 2. The lowest BCUT2D eigenvalue weighted by Gasteiger charge is -2.39. The van der Waals surface area contributed by atoms with Crippen molar-refractivity contribution in [3.05, 3.63) is 77.3 Å². The minimum atomic E-state index is -1.73. The topological polar surface area (TPSA) is 99.7 Å². The zero-order valence-corrected chi connectivity index (χ0v) is 31.1. The van der Waals surface area contributed by atoms with Crippen molar-refractivity contribution < 1.29 is 13.7 Å². The highest BCUT2D eigenvalue weighted by Crippen LogP contribution is 2.32. The maximum Gasteiger partial charge on any atom is 0.254 e.